The standard InChI is InChI=1S/C10H17OSi.C9H7.C3H6.2ClH.Zr/c1-12(2,3)11-9-8-10-6-4-5-7-10;1-2-5-9-7-3-6-8(9)4-1;1-3-2;;;/h4,6H,5,8-9H2,1-3H3;1-7H;1-2H3;2*1H;/q2*-1;;;;+2/p-2. The molecule has 0 atom stereocenters. The average Bonchev–Trinajstić information content (AvgIpc) is 3.17. The van der Waals surface area contributed by atoms with Crippen molar-refractivity contribution in [3.05, 3.63) is 66.3 Å². The molecule has 3 rings (SSSR count). The second-order valence-corrected chi connectivity index (χ2v) is 14.1. The van der Waals surface area contributed by atoms with E-state index in [-0.39, 0.29) is 24.8 Å². The van der Waals surface area contributed by atoms with Gasteiger partial charge in [0.25, 0.3) is 0 Å². The molecule has 0 fully saturated rings. The van der Waals surface area contributed by atoms with E-state index in [0.29, 0.717) is 0 Å². The molecule has 0 saturated heterocycles. The second kappa shape index (κ2) is 15.7. The zero-order valence-electron chi connectivity index (χ0n) is 17.0. The Morgan fingerprint density at radius 2 is 1.78 bits per heavy atom. The number of benzene rings is 1. The maximum atomic E-state index is 5.74. The third-order valence-corrected chi connectivity index (χ3v) is 4.29. The van der Waals surface area contributed by atoms with E-state index in [4.69, 9.17) is 4.43 Å². The van der Waals surface area contributed by atoms with Crippen LogP contribution in [0.2, 0.25) is 19.6 Å². The summed E-state index contributed by atoms with van der Waals surface area (Å²) in [6.45, 7) is 11.8. The van der Waals surface area contributed by atoms with Gasteiger partial charge in [-0.3, -0.25) is 6.08 Å². The van der Waals surface area contributed by atoms with Gasteiger partial charge < -0.3 is 29.2 Å². The average molecular weight is 501 g/mol. The number of allylic oxidation sites excluding steroid dienone is 3. The number of rotatable bonds is 4. The van der Waals surface area contributed by atoms with E-state index < -0.39 is 8.32 Å². The molecule has 0 saturated carbocycles. The van der Waals surface area contributed by atoms with Crippen molar-refractivity contribution in [2.45, 2.75) is 46.3 Å². The van der Waals surface area contributed by atoms with Crippen LogP contribution in [-0.4, -0.2) is 18.1 Å². The normalized spacial score (nSPS) is 11.9. The second-order valence-electron chi connectivity index (χ2n) is 7.17. The molecule has 148 valence electrons. The van der Waals surface area contributed by atoms with Crippen LogP contribution in [0.1, 0.15) is 26.7 Å². The van der Waals surface area contributed by atoms with Crippen molar-refractivity contribution in [2.24, 2.45) is 0 Å². The molecule has 0 aromatic heterocycles. The number of fused-ring (bicyclic) bond motifs is 1. The van der Waals surface area contributed by atoms with Crippen molar-refractivity contribution >= 4 is 22.3 Å². The Kier molecular flexibility index (Phi) is 16.9. The van der Waals surface area contributed by atoms with Crippen molar-refractivity contribution in [3.8, 4) is 0 Å². The summed E-state index contributed by atoms with van der Waals surface area (Å²) >= 11 is 1.55. The fourth-order valence-corrected chi connectivity index (χ4v) is 2.87. The Bertz CT molecular complexity index is 680. The monoisotopic (exact) mass is 498 g/mol. The Hall–Kier alpha value is -0.180. The van der Waals surface area contributed by atoms with Crippen molar-refractivity contribution in [3.63, 3.8) is 0 Å². The SMILES string of the molecule is C[C](C)=[Zr+2].C[Si](C)(C)OCCC1=[C-]CC=C1.[Cl-].[Cl-].c1ccc2[cH-]ccc2c1. The van der Waals surface area contributed by atoms with Crippen molar-refractivity contribution in [2.75, 3.05) is 6.61 Å². The van der Waals surface area contributed by atoms with Crippen LogP contribution in [-0.2, 0) is 28.7 Å². The van der Waals surface area contributed by atoms with Crippen LogP contribution < -0.4 is 24.8 Å². The van der Waals surface area contributed by atoms with E-state index in [1.807, 2.05) is 0 Å². The van der Waals surface area contributed by atoms with Gasteiger partial charge in [-0.15, -0.1) is 36.1 Å². The van der Waals surface area contributed by atoms with Crippen LogP contribution in [0.5, 0.6) is 0 Å². The van der Waals surface area contributed by atoms with Gasteiger partial charge in [-0.2, -0.15) is 23.6 Å². The zero-order valence-corrected chi connectivity index (χ0v) is 22.0. The first-order valence-corrected chi connectivity index (χ1v) is 13.4. The summed E-state index contributed by atoms with van der Waals surface area (Å²) in [5.41, 5.74) is 1.31. The van der Waals surface area contributed by atoms with Gasteiger partial charge in [-0.25, -0.2) is 11.6 Å². The molecule has 1 aliphatic rings. The molecule has 0 spiro atoms. The topological polar surface area (TPSA) is 9.23 Å². The largest absolute Gasteiger partial charge is 1.00 e. The van der Waals surface area contributed by atoms with Gasteiger partial charge in [0.1, 0.15) is 0 Å². The van der Waals surface area contributed by atoms with Crippen LogP contribution >= 0.6 is 0 Å². The van der Waals surface area contributed by atoms with Gasteiger partial charge in [-0.05, 0) is 26.1 Å². The Morgan fingerprint density at radius 1 is 1.15 bits per heavy atom. The Morgan fingerprint density at radius 3 is 2.30 bits per heavy atom. The first kappa shape index (κ1) is 29.0. The van der Waals surface area contributed by atoms with Gasteiger partial charge in [0.2, 0.25) is 0 Å². The minimum absolute atomic E-state index is 0. The van der Waals surface area contributed by atoms with E-state index in [0.717, 1.165) is 19.4 Å². The molecule has 0 N–H and O–H groups in total. The Balaban J connectivity index is 0. The molecular formula is C22H30Cl2OSiZr-2. The number of hydrogen-bond acceptors (Lipinski definition) is 1. The quantitative estimate of drug-likeness (QED) is 0.432. The molecule has 2 aromatic rings. The molecule has 0 heterocycles. The summed E-state index contributed by atoms with van der Waals surface area (Å²) in [7, 11) is -1.29. The third-order valence-electron chi connectivity index (χ3n) is 3.22. The van der Waals surface area contributed by atoms with Crippen molar-refractivity contribution in [1.82, 2.24) is 0 Å². The molecule has 2 aromatic carbocycles. The summed E-state index contributed by atoms with van der Waals surface area (Å²) in [4.78, 5) is 0. The predicted octanol–water partition coefficient (Wildman–Crippen LogP) is 0.230. The molecular weight excluding hydrogens is 470 g/mol. The maximum absolute atomic E-state index is 5.74. The van der Waals surface area contributed by atoms with E-state index in [9.17, 15) is 0 Å². The molecule has 0 bridgehead atoms. The first-order valence-electron chi connectivity index (χ1n) is 8.80. The fourth-order valence-electron chi connectivity index (χ4n) is 2.16. The fraction of sp³-hybridized carbons (Fsp3) is 0.364. The van der Waals surface area contributed by atoms with Gasteiger partial charge >= 0.3 is 41.3 Å². The summed E-state index contributed by atoms with van der Waals surface area (Å²) < 4.78 is 7.24. The number of hydrogen-bond donors (Lipinski definition) is 0. The van der Waals surface area contributed by atoms with Crippen LogP contribution in [0.3, 0.4) is 0 Å². The van der Waals surface area contributed by atoms with Gasteiger partial charge in [0, 0.05) is 6.61 Å². The maximum Gasteiger partial charge on any atom is 0.183 e. The smallest absolute Gasteiger partial charge is 0.183 e. The summed E-state index contributed by atoms with van der Waals surface area (Å²) in [5, 5.41) is 2.66. The van der Waals surface area contributed by atoms with Crippen LogP contribution in [0.15, 0.2) is 60.2 Å². The molecule has 1 aliphatic carbocycles. The molecule has 0 amide bonds. The molecule has 1 nitrogen and oxygen atoms in total. The third kappa shape index (κ3) is 15.4. The van der Waals surface area contributed by atoms with Crippen LogP contribution in [0.4, 0.5) is 0 Å². The molecule has 0 unspecified atom stereocenters. The summed E-state index contributed by atoms with van der Waals surface area (Å²) in [6, 6.07) is 14.7. The molecule has 27 heavy (non-hydrogen) atoms. The van der Waals surface area contributed by atoms with Crippen LogP contribution in [0, 0.1) is 6.08 Å². The predicted molar refractivity (Wildman–Crippen MR) is 110 cm³/mol. The van der Waals surface area contributed by atoms with Crippen LogP contribution in [0.25, 0.3) is 10.8 Å². The molecule has 5 heteroatoms. The summed E-state index contributed by atoms with van der Waals surface area (Å²) in [5.74, 6) is 0. The molecule has 0 aliphatic heterocycles. The minimum Gasteiger partial charge on any atom is -1.00 e. The van der Waals surface area contributed by atoms with Crippen molar-refractivity contribution < 1.29 is 53.5 Å². The first-order chi connectivity index (χ1) is 11.8. The van der Waals surface area contributed by atoms with E-state index >= 15 is 0 Å². The van der Waals surface area contributed by atoms with Gasteiger partial charge in [0.05, 0.1) is 0 Å². The van der Waals surface area contributed by atoms with E-state index in [2.05, 4.69) is 94.2 Å². The molecule has 0 radical (unpaired) electrons. The van der Waals surface area contributed by atoms with Gasteiger partial charge in [-0.1, -0.05) is 6.07 Å². The minimum atomic E-state index is -1.29. The summed E-state index contributed by atoms with van der Waals surface area (Å²) in [6.07, 6.45) is 9.59. The zero-order chi connectivity index (χ0) is 18.7. The Labute approximate surface area is 193 Å². The van der Waals surface area contributed by atoms with E-state index in [1.54, 1.807) is 24.2 Å². The van der Waals surface area contributed by atoms with Crippen molar-refractivity contribution in [1.29, 1.82) is 0 Å². The van der Waals surface area contributed by atoms with Gasteiger partial charge in [0.15, 0.2) is 8.32 Å². The number of halogens is 2. The van der Waals surface area contributed by atoms with E-state index in [1.165, 1.54) is 19.6 Å².